The number of carbonyl (C=O) groups excluding carboxylic acids is 2. The van der Waals surface area contributed by atoms with Gasteiger partial charge < -0.3 is 10.2 Å². The van der Waals surface area contributed by atoms with Crippen LogP contribution in [0.5, 0.6) is 0 Å². The van der Waals surface area contributed by atoms with Gasteiger partial charge in [0.15, 0.2) is 0 Å². The number of carbonyl (C=O) groups is 2. The van der Waals surface area contributed by atoms with Crippen LogP contribution >= 0.6 is 27.5 Å². The van der Waals surface area contributed by atoms with Crippen molar-refractivity contribution in [3.8, 4) is 0 Å². The highest BCUT2D eigenvalue weighted by Crippen LogP contribution is 2.29. The van der Waals surface area contributed by atoms with Crippen molar-refractivity contribution in [1.82, 2.24) is 10.2 Å². The van der Waals surface area contributed by atoms with E-state index in [1.54, 1.807) is 42.5 Å². The maximum atomic E-state index is 14.2. The van der Waals surface area contributed by atoms with E-state index in [0.29, 0.717) is 20.7 Å². The Morgan fingerprint density at radius 1 is 0.975 bits per heavy atom. The number of amides is 2. The second-order valence-corrected chi connectivity index (χ2v) is 13.2. The topological polar surface area (TPSA) is 86.8 Å². The average Bonchev–Trinajstić information content (AvgIpc) is 3.43. The summed E-state index contributed by atoms with van der Waals surface area (Å²) in [7, 11) is -3.84. The monoisotopic (exact) mass is 645 g/mol. The molecular formula is C30H33BrClN3O4S. The summed E-state index contributed by atoms with van der Waals surface area (Å²) in [6.07, 6.45) is 5.21. The van der Waals surface area contributed by atoms with Crippen molar-refractivity contribution in [1.29, 1.82) is 0 Å². The first-order chi connectivity index (χ1) is 19.1. The number of hydrogen-bond donors (Lipinski definition) is 1. The van der Waals surface area contributed by atoms with E-state index in [-0.39, 0.29) is 24.9 Å². The Bertz CT molecular complexity index is 1430. The van der Waals surface area contributed by atoms with Gasteiger partial charge in [0.1, 0.15) is 12.6 Å². The van der Waals surface area contributed by atoms with Gasteiger partial charge in [-0.1, -0.05) is 85.1 Å². The largest absolute Gasteiger partial charge is 0.352 e. The third-order valence-corrected chi connectivity index (χ3v) is 9.24. The van der Waals surface area contributed by atoms with Gasteiger partial charge in [-0.25, -0.2) is 8.42 Å². The van der Waals surface area contributed by atoms with Crippen LogP contribution in [0.15, 0.2) is 83.3 Å². The van der Waals surface area contributed by atoms with Gasteiger partial charge in [-0.3, -0.25) is 13.9 Å². The molecular weight excluding hydrogens is 614 g/mol. The maximum absolute atomic E-state index is 14.2. The minimum Gasteiger partial charge on any atom is -0.352 e. The number of nitrogens with zero attached hydrogens (tertiary/aromatic N) is 2. The molecule has 0 aliphatic heterocycles. The van der Waals surface area contributed by atoms with Gasteiger partial charge in [0, 0.05) is 28.5 Å². The first-order valence-corrected chi connectivity index (χ1v) is 16.2. The van der Waals surface area contributed by atoms with Crippen molar-refractivity contribution in [2.75, 3.05) is 17.1 Å². The van der Waals surface area contributed by atoms with Crippen LogP contribution in [0.1, 0.15) is 36.8 Å². The van der Waals surface area contributed by atoms with E-state index < -0.39 is 28.5 Å². The van der Waals surface area contributed by atoms with Crippen LogP contribution in [0.4, 0.5) is 5.69 Å². The van der Waals surface area contributed by atoms with Crippen LogP contribution in [0.2, 0.25) is 5.02 Å². The summed E-state index contributed by atoms with van der Waals surface area (Å²) in [6.45, 7) is -0.435. The molecule has 1 saturated carbocycles. The summed E-state index contributed by atoms with van der Waals surface area (Å²) in [5, 5.41) is 3.61. The molecule has 0 bridgehead atoms. The number of halogens is 2. The van der Waals surface area contributed by atoms with Gasteiger partial charge in [-0.2, -0.15) is 0 Å². The standard InChI is InChI=1S/C30H33BrClN3O4S/c1-40(38,39)35(27-18-10-8-16-25(27)31)21-29(36)34(20-23-13-5-9-17-26(23)32)28(19-22-11-3-2-4-12-22)30(37)33-24-14-6-7-15-24/h2-5,8-13,16-18,24,28H,6-7,14-15,19-21H2,1H3,(H,33,37)/t28-/m1/s1. The Balaban J connectivity index is 1.74. The van der Waals surface area contributed by atoms with Gasteiger partial charge in [0.2, 0.25) is 21.8 Å². The van der Waals surface area contributed by atoms with E-state index in [1.165, 1.54) is 4.90 Å². The summed E-state index contributed by atoms with van der Waals surface area (Å²) in [5.41, 5.74) is 1.89. The van der Waals surface area contributed by atoms with E-state index in [4.69, 9.17) is 11.6 Å². The molecule has 212 valence electrons. The summed E-state index contributed by atoms with van der Waals surface area (Å²) in [6, 6.07) is 22.6. The van der Waals surface area contributed by atoms with Crippen molar-refractivity contribution in [2.45, 2.75) is 50.7 Å². The third-order valence-electron chi connectivity index (χ3n) is 7.07. The molecule has 1 fully saturated rings. The summed E-state index contributed by atoms with van der Waals surface area (Å²) >= 11 is 9.91. The van der Waals surface area contributed by atoms with Crippen LogP contribution in [0.25, 0.3) is 0 Å². The van der Waals surface area contributed by atoms with E-state index >= 15 is 0 Å². The highest BCUT2D eigenvalue weighted by atomic mass is 79.9. The number of sulfonamides is 1. The third kappa shape index (κ3) is 7.86. The van der Waals surface area contributed by atoms with Crippen LogP contribution in [-0.2, 0) is 32.6 Å². The van der Waals surface area contributed by atoms with Crippen molar-refractivity contribution < 1.29 is 18.0 Å². The zero-order chi connectivity index (χ0) is 28.7. The second kappa shape index (κ2) is 13.7. The highest BCUT2D eigenvalue weighted by Gasteiger charge is 2.34. The SMILES string of the molecule is CS(=O)(=O)N(CC(=O)N(Cc1ccccc1Cl)[C@H](Cc1ccccc1)C(=O)NC1CCCC1)c1ccccc1Br. The predicted molar refractivity (Wildman–Crippen MR) is 163 cm³/mol. The zero-order valence-corrected chi connectivity index (χ0v) is 25.5. The van der Waals surface area contributed by atoms with E-state index in [9.17, 15) is 18.0 Å². The van der Waals surface area contributed by atoms with Crippen LogP contribution in [0.3, 0.4) is 0 Å². The molecule has 0 saturated heterocycles. The van der Waals surface area contributed by atoms with Gasteiger partial charge in [-0.15, -0.1) is 0 Å². The maximum Gasteiger partial charge on any atom is 0.244 e. The number of anilines is 1. The number of nitrogens with one attached hydrogen (secondary N) is 1. The van der Waals surface area contributed by atoms with E-state index in [1.807, 2.05) is 36.4 Å². The Morgan fingerprint density at radius 3 is 2.25 bits per heavy atom. The molecule has 10 heteroatoms. The lowest BCUT2D eigenvalue weighted by atomic mass is 10.0. The van der Waals surface area contributed by atoms with E-state index in [2.05, 4.69) is 21.2 Å². The first-order valence-electron chi connectivity index (χ1n) is 13.2. The normalized spacial score (nSPS) is 14.5. The Labute approximate surface area is 249 Å². The molecule has 0 aromatic heterocycles. The van der Waals surface area contributed by atoms with E-state index in [0.717, 1.165) is 41.8 Å². The van der Waals surface area contributed by atoms with Gasteiger partial charge in [0.25, 0.3) is 0 Å². The van der Waals surface area contributed by atoms with Gasteiger partial charge in [-0.05, 0) is 58.1 Å². The smallest absolute Gasteiger partial charge is 0.244 e. The molecule has 3 aromatic carbocycles. The second-order valence-electron chi connectivity index (χ2n) is 10.0. The molecule has 1 aliphatic carbocycles. The summed E-state index contributed by atoms with van der Waals surface area (Å²) in [4.78, 5) is 29.5. The minimum absolute atomic E-state index is 0.0433. The lowest BCUT2D eigenvalue weighted by Crippen LogP contribution is -2.54. The van der Waals surface area contributed by atoms with Crippen molar-refractivity contribution in [3.63, 3.8) is 0 Å². The molecule has 3 aromatic rings. The lowest BCUT2D eigenvalue weighted by Gasteiger charge is -2.34. The molecule has 40 heavy (non-hydrogen) atoms. The average molecular weight is 647 g/mol. The first kappa shape index (κ1) is 30.1. The van der Waals surface area contributed by atoms with Gasteiger partial charge >= 0.3 is 0 Å². The Hall–Kier alpha value is -2.88. The molecule has 0 heterocycles. The molecule has 0 unspecified atom stereocenters. The fourth-order valence-electron chi connectivity index (χ4n) is 4.98. The van der Waals surface area contributed by atoms with Crippen LogP contribution in [-0.4, -0.2) is 50.0 Å². The highest BCUT2D eigenvalue weighted by molar-refractivity contribution is 9.10. The molecule has 1 aliphatic rings. The summed E-state index contributed by atoms with van der Waals surface area (Å²) < 4.78 is 27.4. The molecule has 1 atom stereocenters. The van der Waals surface area contributed by atoms with Crippen molar-refractivity contribution in [2.24, 2.45) is 0 Å². The van der Waals surface area contributed by atoms with Crippen LogP contribution < -0.4 is 9.62 Å². The van der Waals surface area contributed by atoms with Gasteiger partial charge in [0.05, 0.1) is 11.9 Å². The molecule has 7 nitrogen and oxygen atoms in total. The zero-order valence-electron chi connectivity index (χ0n) is 22.3. The number of benzene rings is 3. The molecule has 1 N–H and O–H groups in total. The fourth-order valence-corrected chi connectivity index (χ4v) is 6.65. The molecule has 4 rings (SSSR count). The number of para-hydroxylation sites is 1. The Morgan fingerprint density at radius 2 is 1.60 bits per heavy atom. The Kier molecular flexibility index (Phi) is 10.3. The predicted octanol–water partition coefficient (Wildman–Crippen LogP) is 5.57. The molecule has 0 radical (unpaired) electrons. The quantitative estimate of drug-likeness (QED) is 0.295. The minimum atomic E-state index is -3.84. The van der Waals surface area contributed by atoms with Crippen LogP contribution in [0, 0.1) is 0 Å². The molecule has 0 spiro atoms. The molecule has 2 amide bonds. The van der Waals surface area contributed by atoms with Crippen molar-refractivity contribution >= 4 is 55.1 Å². The van der Waals surface area contributed by atoms with Crippen molar-refractivity contribution in [3.05, 3.63) is 99.5 Å². The lowest BCUT2D eigenvalue weighted by molar-refractivity contribution is -0.140. The fraction of sp³-hybridized carbons (Fsp3) is 0.333. The summed E-state index contributed by atoms with van der Waals surface area (Å²) in [5.74, 6) is -0.772. The number of hydrogen-bond acceptors (Lipinski definition) is 4. The number of rotatable bonds is 11.